The minimum atomic E-state index is -0.971. The molecule has 0 aromatic carbocycles. The van der Waals surface area contributed by atoms with E-state index in [0.29, 0.717) is 19.0 Å². The zero-order valence-corrected chi connectivity index (χ0v) is 10.3. The van der Waals surface area contributed by atoms with Gasteiger partial charge in [0.05, 0.1) is 6.61 Å². The summed E-state index contributed by atoms with van der Waals surface area (Å²) in [6.45, 7) is 1.96. The normalized spacial score (nSPS) is 15.1. The molecule has 5 nitrogen and oxygen atoms in total. The minimum Gasteiger partial charge on any atom is -0.478 e. The summed E-state index contributed by atoms with van der Waals surface area (Å²) in [5.41, 5.74) is 0.191. The van der Waals surface area contributed by atoms with Gasteiger partial charge in [-0.15, -0.1) is 0 Å². The van der Waals surface area contributed by atoms with Crippen LogP contribution in [0.5, 0.6) is 0 Å². The number of anilines is 1. The first-order valence-corrected chi connectivity index (χ1v) is 6.27. The van der Waals surface area contributed by atoms with Crippen molar-refractivity contribution in [3.63, 3.8) is 0 Å². The molecule has 0 saturated heterocycles. The summed E-state index contributed by atoms with van der Waals surface area (Å²) in [6.07, 6.45) is 5.44. The number of hydrogen-bond donors (Lipinski definition) is 2. The minimum absolute atomic E-state index is 0.191. The van der Waals surface area contributed by atoms with Crippen LogP contribution in [0.1, 0.15) is 29.6 Å². The zero-order chi connectivity index (χ0) is 12.8. The average molecular weight is 250 g/mol. The van der Waals surface area contributed by atoms with Crippen molar-refractivity contribution in [2.24, 2.45) is 5.92 Å². The van der Waals surface area contributed by atoms with Crippen molar-refractivity contribution in [1.29, 1.82) is 0 Å². The third-order valence-corrected chi connectivity index (χ3v) is 3.16. The van der Waals surface area contributed by atoms with E-state index in [9.17, 15) is 4.79 Å². The quantitative estimate of drug-likeness (QED) is 0.724. The van der Waals surface area contributed by atoms with E-state index in [2.05, 4.69) is 10.3 Å². The van der Waals surface area contributed by atoms with Gasteiger partial charge in [0, 0.05) is 19.3 Å². The lowest BCUT2D eigenvalue weighted by Crippen LogP contribution is -2.20. The lowest BCUT2D eigenvalue weighted by atomic mass is 9.86. The smallest absolute Gasteiger partial charge is 0.339 e. The van der Waals surface area contributed by atoms with Gasteiger partial charge in [-0.05, 0) is 30.9 Å². The summed E-state index contributed by atoms with van der Waals surface area (Å²) in [6, 6.07) is 3.15. The van der Waals surface area contributed by atoms with Gasteiger partial charge in [-0.1, -0.05) is 6.42 Å². The molecule has 2 rings (SSSR count). The second kappa shape index (κ2) is 6.35. The fourth-order valence-corrected chi connectivity index (χ4v) is 1.87. The summed E-state index contributed by atoms with van der Waals surface area (Å²) >= 11 is 0. The average Bonchev–Trinajstić information content (AvgIpc) is 2.31. The molecule has 1 heterocycles. The van der Waals surface area contributed by atoms with Crippen molar-refractivity contribution < 1.29 is 14.6 Å². The highest BCUT2D eigenvalue weighted by molar-refractivity contribution is 5.92. The SMILES string of the molecule is O=C(O)c1cccnc1NCCOCC1CCC1. The first kappa shape index (κ1) is 12.8. The van der Waals surface area contributed by atoms with E-state index >= 15 is 0 Å². The molecular weight excluding hydrogens is 232 g/mol. The third-order valence-electron chi connectivity index (χ3n) is 3.16. The van der Waals surface area contributed by atoms with Crippen molar-refractivity contribution >= 4 is 11.8 Å². The fourth-order valence-electron chi connectivity index (χ4n) is 1.87. The second-order valence-corrected chi connectivity index (χ2v) is 4.50. The fraction of sp³-hybridized carbons (Fsp3) is 0.538. The monoisotopic (exact) mass is 250 g/mol. The van der Waals surface area contributed by atoms with Crippen LogP contribution in [0.25, 0.3) is 0 Å². The van der Waals surface area contributed by atoms with Gasteiger partial charge in [0.2, 0.25) is 0 Å². The number of rotatable bonds is 7. The number of carboxylic acid groups (broad SMARTS) is 1. The van der Waals surface area contributed by atoms with E-state index in [1.165, 1.54) is 25.3 Å². The van der Waals surface area contributed by atoms with Crippen LogP contribution >= 0.6 is 0 Å². The Morgan fingerprint density at radius 1 is 1.56 bits per heavy atom. The first-order valence-electron chi connectivity index (χ1n) is 6.27. The van der Waals surface area contributed by atoms with Crippen LogP contribution in [0.3, 0.4) is 0 Å². The van der Waals surface area contributed by atoms with Gasteiger partial charge < -0.3 is 15.2 Å². The highest BCUT2D eigenvalue weighted by atomic mass is 16.5. The lowest BCUT2D eigenvalue weighted by molar-refractivity contribution is 0.0696. The molecule has 1 aliphatic rings. The number of aromatic carboxylic acids is 1. The molecule has 5 heteroatoms. The highest BCUT2D eigenvalue weighted by Crippen LogP contribution is 2.26. The van der Waals surface area contributed by atoms with Crippen LogP contribution in [-0.2, 0) is 4.74 Å². The number of hydrogen-bond acceptors (Lipinski definition) is 4. The third kappa shape index (κ3) is 3.43. The van der Waals surface area contributed by atoms with Crippen LogP contribution in [0.15, 0.2) is 18.3 Å². The van der Waals surface area contributed by atoms with E-state index in [4.69, 9.17) is 9.84 Å². The summed E-state index contributed by atoms with van der Waals surface area (Å²) in [5, 5.41) is 12.0. The van der Waals surface area contributed by atoms with E-state index in [0.717, 1.165) is 12.5 Å². The molecule has 18 heavy (non-hydrogen) atoms. The van der Waals surface area contributed by atoms with Gasteiger partial charge in [0.25, 0.3) is 0 Å². The second-order valence-electron chi connectivity index (χ2n) is 4.50. The van der Waals surface area contributed by atoms with Crippen LogP contribution in [0, 0.1) is 5.92 Å². The van der Waals surface area contributed by atoms with Crippen molar-refractivity contribution in [1.82, 2.24) is 4.98 Å². The maximum atomic E-state index is 10.9. The molecule has 0 atom stereocenters. The molecule has 0 aliphatic heterocycles. The molecular formula is C13H18N2O3. The van der Waals surface area contributed by atoms with Crippen molar-refractivity contribution in [2.75, 3.05) is 25.1 Å². The molecule has 98 valence electrons. The number of ether oxygens (including phenoxy) is 1. The summed E-state index contributed by atoms with van der Waals surface area (Å²) in [7, 11) is 0. The Hall–Kier alpha value is -1.62. The number of aromatic nitrogens is 1. The molecule has 0 bridgehead atoms. The van der Waals surface area contributed by atoms with Gasteiger partial charge in [-0.2, -0.15) is 0 Å². The van der Waals surface area contributed by atoms with Crippen LogP contribution < -0.4 is 5.32 Å². The molecule has 1 fully saturated rings. The van der Waals surface area contributed by atoms with Crippen LogP contribution in [0.2, 0.25) is 0 Å². The molecule has 0 unspecified atom stereocenters. The first-order chi connectivity index (χ1) is 8.77. The number of carbonyl (C=O) groups is 1. The number of carboxylic acids is 1. The van der Waals surface area contributed by atoms with Crippen LogP contribution in [0.4, 0.5) is 5.82 Å². The van der Waals surface area contributed by atoms with E-state index in [1.807, 2.05) is 0 Å². The van der Waals surface area contributed by atoms with Gasteiger partial charge in [0.1, 0.15) is 11.4 Å². The number of nitrogens with one attached hydrogen (secondary N) is 1. The van der Waals surface area contributed by atoms with Crippen LogP contribution in [-0.4, -0.2) is 35.8 Å². The van der Waals surface area contributed by atoms with Gasteiger partial charge in [-0.25, -0.2) is 9.78 Å². The topological polar surface area (TPSA) is 71.5 Å². The molecule has 1 aromatic heterocycles. The molecule has 0 spiro atoms. The van der Waals surface area contributed by atoms with Crippen molar-refractivity contribution in [3.05, 3.63) is 23.9 Å². The maximum Gasteiger partial charge on any atom is 0.339 e. The molecule has 2 N–H and O–H groups in total. The van der Waals surface area contributed by atoms with Crippen molar-refractivity contribution in [3.8, 4) is 0 Å². The Labute approximate surface area is 106 Å². The Balaban J connectivity index is 1.70. The van der Waals surface area contributed by atoms with Gasteiger partial charge >= 0.3 is 5.97 Å². The predicted octanol–water partition coefficient (Wildman–Crippen LogP) is 2.01. The molecule has 0 radical (unpaired) electrons. The molecule has 0 amide bonds. The summed E-state index contributed by atoms with van der Waals surface area (Å²) in [4.78, 5) is 14.9. The van der Waals surface area contributed by atoms with E-state index < -0.39 is 5.97 Å². The van der Waals surface area contributed by atoms with E-state index in [1.54, 1.807) is 12.3 Å². The molecule has 1 aliphatic carbocycles. The van der Waals surface area contributed by atoms with Gasteiger partial charge in [-0.3, -0.25) is 0 Å². The van der Waals surface area contributed by atoms with Gasteiger partial charge in [0.15, 0.2) is 0 Å². The standard InChI is InChI=1S/C13H18N2O3/c16-13(17)11-5-2-6-14-12(11)15-7-8-18-9-10-3-1-4-10/h2,5-6,10H,1,3-4,7-9H2,(H,14,15)(H,16,17). The maximum absolute atomic E-state index is 10.9. The number of nitrogens with zero attached hydrogens (tertiary/aromatic N) is 1. The number of pyridine rings is 1. The highest BCUT2D eigenvalue weighted by Gasteiger charge is 2.17. The Morgan fingerprint density at radius 3 is 3.06 bits per heavy atom. The largest absolute Gasteiger partial charge is 0.478 e. The molecule has 1 aromatic rings. The predicted molar refractivity (Wildman–Crippen MR) is 67.8 cm³/mol. The lowest BCUT2D eigenvalue weighted by Gasteiger charge is -2.24. The molecule has 1 saturated carbocycles. The Kier molecular flexibility index (Phi) is 4.52. The van der Waals surface area contributed by atoms with E-state index in [-0.39, 0.29) is 5.56 Å². The Bertz CT molecular complexity index is 405. The Morgan fingerprint density at radius 2 is 2.39 bits per heavy atom. The summed E-state index contributed by atoms with van der Waals surface area (Å²) < 4.78 is 5.52. The zero-order valence-electron chi connectivity index (χ0n) is 10.3. The van der Waals surface area contributed by atoms with Crippen molar-refractivity contribution in [2.45, 2.75) is 19.3 Å². The summed E-state index contributed by atoms with van der Waals surface area (Å²) in [5.74, 6) is 0.160.